The van der Waals surface area contributed by atoms with Crippen LogP contribution in [0.3, 0.4) is 0 Å². The van der Waals surface area contributed by atoms with E-state index < -0.39 is 0 Å². The Bertz CT molecular complexity index is 568. The molecule has 1 aromatic heterocycles. The van der Waals surface area contributed by atoms with Crippen LogP contribution in [0.2, 0.25) is 0 Å². The van der Waals surface area contributed by atoms with Gasteiger partial charge in [0.15, 0.2) is 0 Å². The molecular formula is C20H32N2O. The third-order valence-electron chi connectivity index (χ3n) is 5.40. The van der Waals surface area contributed by atoms with E-state index in [1.165, 1.54) is 23.4 Å². The fraction of sp³-hybridized carbons (Fsp3) is 0.750. The zero-order valence-electron chi connectivity index (χ0n) is 15.6. The second-order valence-electron chi connectivity index (χ2n) is 9.28. The number of pyridine rings is 1. The van der Waals surface area contributed by atoms with Gasteiger partial charge in [-0.05, 0) is 45.4 Å². The average molecular weight is 316 g/mol. The van der Waals surface area contributed by atoms with Crippen LogP contribution in [0.15, 0.2) is 12.1 Å². The summed E-state index contributed by atoms with van der Waals surface area (Å²) in [4.78, 5) is 7.72. The Labute approximate surface area is 141 Å². The molecule has 1 saturated heterocycles. The summed E-state index contributed by atoms with van der Waals surface area (Å²) < 4.78 is 6.01. The van der Waals surface area contributed by atoms with Gasteiger partial charge in [0.2, 0.25) is 0 Å². The number of hydrogen-bond acceptors (Lipinski definition) is 3. The molecule has 0 bridgehead atoms. The predicted octanol–water partition coefficient (Wildman–Crippen LogP) is 4.11. The normalized spacial score (nSPS) is 26.3. The molecule has 0 amide bonds. The molecule has 2 aliphatic rings. The SMILES string of the molecule is CC(C)(C)c1ccc2c(n1)[C@H]1CCN(C(C)(C)C)C[C@H]1COC2. The number of likely N-dealkylation sites (tertiary alicyclic amines) is 1. The number of hydrogen-bond donors (Lipinski definition) is 0. The smallest absolute Gasteiger partial charge is 0.0734 e. The van der Waals surface area contributed by atoms with E-state index >= 15 is 0 Å². The van der Waals surface area contributed by atoms with Crippen molar-refractivity contribution in [1.82, 2.24) is 9.88 Å². The lowest BCUT2D eigenvalue weighted by Crippen LogP contribution is -2.50. The summed E-state index contributed by atoms with van der Waals surface area (Å²) in [5.41, 5.74) is 4.16. The van der Waals surface area contributed by atoms with Crippen LogP contribution in [0, 0.1) is 5.92 Å². The van der Waals surface area contributed by atoms with Crippen molar-refractivity contribution < 1.29 is 4.74 Å². The van der Waals surface area contributed by atoms with E-state index in [9.17, 15) is 0 Å². The van der Waals surface area contributed by atoms with Crippen molar-refractivity contribution in [3.8, 4) is 0 Å². The lowest BCUT2D eigenvalue weighted by Gasteiger charge is -2.44. The van der Waals surface area contributed by atoms with Crippen molar-refractivity contribution in [1.29, 1.82) is 0 Å². The Morgan fingerprint density at radius 3 is 2.52 bits per heavy atom. The van der Waals surface area contributed by atoms with E-state index in [2.05, 4.69) is 58.6 Å². The van der Waals surface area contributed by atoms with E-state index in [0.717, 1.165) is 26.3 Å². The van der Waals surface area contributed by atoms with Crippen LogP contribution in [-0.2, 0) is 16.8 Å². The van der Waals surface area contributed by atoms with Crippen LogP contribution >= 0.6 is 0 Å². The highest BCUT2D eigenvalue weighted by Gasteiger charge is 2.38. The molecule has 0 unspecified atom stereocenters. The molecule has 1 fully saturated rings. The molecule has 0 aromatic carbocycles. The van der Waals surface area contributed by atoms with Crippen molar-refractivity contribution in [2.75, 3.05) is 19.7 Å². The largest absolute Gasteiger partial charge is 0.376 e. The van der Waals surface area contributed by atoms with Crippen LogP contribution in [0.5, 0.6) is 0 Å². The van der Waals surface area contributed by atoms with Gasteiger partial charge >= 0.3 is 0 Å². The molecule has 3 heteroatoms. The van der Waals surface area contributed by atoms with E-state index in [0.29, 0.717) is 11.8 Å². The van der Waals surface area contributed by atoms with Gasteiger partial charge in [0.1, 0.15) is 0 Å². The fourth-order valence-corrected chi connectivity index (χ4v) is 3.86. The molecule has 1 aromatic rings. The molecule has 128 valence electrons. The standard InChI is InChI=1S/C20H32N2O/c1-19(2,3)17-8-7-14-12-23-13-15-11-22(20(4,5)6)10-9-16(15)18(14)21-17/h7-8,15-16H,9-13H2,1-6H3/t15-,16-/m0/s1. The van der Waals surface area contributed by atoms with Crippen LogP contribution < -0.4 is 0 Å². The second kappa shape index (κ2) is 5.86. The highest BCUT2D eigenvalue weighted by atomic mass is 16.5. The van der Waals surface area contributed by atoms with E-state index in [-0.39, 0.29) is 11.0 Å². The maximum Gasteiger partial charge on any atom is 0.0734 e. The number of rotatable bonds is 0. The summed E-state index contributed by atoms with van der Waals surface area (Å²) in [5, 5.41) is 0. The van der Waals surface area contributed by atoms with Gasteiger partial charge in [-0.15, -0.1) is 0 Å². The summed E-state index contributed by atoms with van der Waals surface area (Å²) in [7, 11) is 0. The lowest BCUT2D eigenvalue weighted by atomic mass is 9.80. The van der Waals surface area contributed by atoms with E-state index in [1.807, 2.05) is 0 Å². The van der Waals surface area contributed by atoms with Gasteiger partial charge in [-0.3, -0.25) is 9.88 Å². The van der Waals surface area contributed by atoms with E-state index in [4.69, 9.17) is 9.72 Å². The third-order valence-corrected chi connectivity index (χ3v) is 5.40. The molecule has 0 saturated carbocycles. The Kier molecular flexibility index (Phi) is 4.31. The first kappa shape index (κ1) is 16.9. The third kappa shape index (κ3) is 3.46. The Balaban J connectivity index is 1.92. The zero-order valence-corrected chi connectivity index (χ0v) is 15.6. The Hall–Kier alpha value is -0.930. The Morgan fingerprint density at radius 1 is 1.13 bits per heavy atom. The quantitative estimate of drug-likeness (QED) is 0.720. The maximum absolute atomic E-state index is 6.01. The molecular weight excluding hydrogens is 284 g/mol. The van der Waals surface area contributed by atoms with E-state index in [1.54, 1.807) is 0 Å². The summed E-state index contributed by atoms with van der Waals surface area (Å²) in [6, 6.07) is 4.44. The molecule has 3 rings (SSSR count). The molecule has 0 radical (unpaired) electrons. The minimum absolute atomic E-state index is 0.101. The molecule has 0 aliphatic carbocycles. The fourth-order valence-electron chi connectivity index (χ4n) is 3.86. The van der Waals surface area contributed by atoms with Gasteiger partial charge in [-0.2, -0.15) is 0 Å². The van der Waals surface area contributed by atoms with Gasteiger partial charge in [0.25, 0.3) is 0 Å². The maximum atomic E-state index is 6.01. The monoisotopic (exact) mass is 316 g/mol. The van der Waals surface area contributed by atoms with Crippen LogP contribution in [0.25, 0.3) is 0 Å². The molecule has 0 N–H and O–H groups in total. The van der Waals surface area contributed by atoms with Crippen molar-refractivity contribution in [2.45, 2.75) is 71.4 Å². The number of aromatic nitrogens is 1. The summed E-state index contributed by atoms with van der Waals surface area (Å²) in [6.45, 7) is 17.5. The highest BCUT2D eigenvalue weighted by molar-refractivity contribution is 5.30. The zero-order chi connectivity index (χ0) is 16.8. The molecule has 3 heterocycles. The van der Waals surface area contributed by atoms with Crippen LogP contribution in [0.4, 0.5) is 0 Å². The van der Waals surface area contributed by atoms with Crippen LogP contribution in [0.1, 0.15) is 70.8 Å². The molecule has 3 nitrogen and oxygen atoms in total. The number of piperidine rings is 1. The minimum Gasteiger partial charge on any atom is -0.376 e. The second-order valence-corrected chi connectivity index (χ2v) is 9.28. The molecule has 23 heavy (non-hydrogen) atoms. The molecule has 2 atom stereocenters. The predicted molar refractivity (Wildman–Crippen MR) is 94.8 cm³/mol. The number of nitrogens with zero attached hydrogens (tertiary/aromatic N) is 2. The number of fused-ring (bicyclic) bond motifs is 3. The number of ether oxygens (including phenoxy) is 1. The van der Waals surface area contributed by atoms with Gasteiger partial charge in [0.05, 0.1) is 13.2 Å². The average Bonchev–Trinajstić information content (AvgIpc) is 2.63. The lowest BCUT2D eigenvalue weighted by molar-refractivity contribution is 0.0193. The highest BCUT2D eigenvalue weighted by Crippen LogP contribution is 2.39. The van der Waals surface area contributed by atoms with Crippen molar-refractivity contribution >= 4 is 0 Å². The summed E-state index contributed by atoms with van der Waals surface area (Å²) in [5.74, 6) is 1.11. The summed E-state index contributed by atoms with van der Waals surface area (Å²) >= 11 is 0. The van der Waals surface area contributed by atoms with Gasteiger partial charge in [-0.25, -0.2) is 0 Å². The molecule has 2 aliphatic heterocycles. The summed E-state index contributed by atoms with van der Waals surface area (Å²) in [6.07, 6.45) is 1.19. The van der Waals surface area contributed by atoms with Gasteiger partial charge in [0, 0.05) is 40.7 Å². The van der Waals surface area contributed by atoms with Crippen molar-refractivity contribution in [2.24, 2.45) is 5.92 Å². The van der Waals surface area contributed by atoms with Crippen LogP contribution in [-0.4, -0.2) is 35.1 Å². The first-order valence-corrected chi connectivity index (χ1v) is 8.99. The van der Waals surface area contributed by atoms with Crippen molar-refractivity contribution in [3.63, 3.8) is 0 Å². The first-order valence-electron chi connectivity index (χ1n) is 8.99. The van der Waals surface area contributed by atoms with Crippen molar-refractivity contribution in [3.05, 3.63) is 29.1 Å². The van der Waals surface area contributed by atoms with Gasteiger partial charge < -0.3 is 4.74 Å². The molecule has 0 spiro atoms. The minimum atomic E-state index is 0.101. The van der Waals surface area contributed by atoms with Gasteiger partial charge in [-0.1, -0.05) is 26.8 Å². The topological polar surface area (TPSA) is 25.4 Å². The Morgan fingerprint density at radius 2 is 1.87 bits per heavy atom. The first-order chi connectivity index (χ1) is 10.7.